The summed E-state index contributed by atoms with van der Waals surface area (Å²) in [6, 6.07) is 7.43. The van der Waals surface area contributed by atoms with Crippen molar-refractivity contribution in [2.75, 3.05) is 5.32 Å². The predicted octanol–water partition coefficient (Wildman–Crippen LogP) is 0.298. The van der Waals surface area contributed by atoms with E-state index in [1.54, 1.807) is 19.1 Å². The number of carbonyl (C=O) groups excluding carboxylic acids is 1. The zero-order chi connectivity index (χ0) is 19.1. The third-order valence-electron chi connectivity index (χ3n) is 3.85. The first-order valence-corrected chi connectivity index (χ1v) is 9.10. The zero-order valence-corrected chi connectivity index (χ0v) is 14.5. The van der Waals surface area contributed by atoms with Gasteiger partial charge < -0.3 is 25.3 Å². The monoisotopic (exact) mass is 379 g/mol. The Balaban J connectivity index is 1.85. The number of ketones is 1. The Bertz CT molecular complexity index is 1010. The Morgan fingerprint density at radius 2 is 2.00 bits per heavy atom. The number of hydrogen-bond donors (Lipinski definition) is 5. The molecular formula is C16H17N3O6S. The number of carbonyl (C=O) groups is 1. The molecule has 9 nitrogen and oxygen atoms in total. The summed E-state index contributed by atoms with van der Waals surface area (Å²) in [4.78, 5) is 11.4. The molecule has 0 saturated heterocycles. The molecule has 0 spiro atoms. The molecule has 1 aromatic carbocycles. The van der Waals surface area contributed by atoms with Crippen LogP contribution in [-0.4, -0.2) is 30.5 Å². The van der Waals surface area contributed by atoms with E-state index in [9.17, 15) is 23.4 Å². The summed E-state index contributed by atoms with van der Waals surface area (Å²) in [5.41, 5.74) is 0.221. The Morgan fingerprint density at radius 3 is 2.62 bits per heavy atom. The minimum absolute atomic E-state index is 0.00813. The van der Waals surface area contributed by atoms with Crippen molar-refractivity contribution in [1.29, 1.82) is 0 Å². The average molecular weight is 379 g/mol. The molecule has 1 aliphatic carbocycles. The molecule has 138 valence electrons. The van der Waals surface area contributed by atoms with Crippen molar-refractivity contribution in [3.05, 3.63) is 53.2 Å². The summed E-state index contributed by atoms with van der Waals surface area (Å²) < 4.78 is 28.3. The first-order chi connectivity index (χ1) is 12.2. The highest BCUT2D eigenvalue weighted by atomic mass is 32.2. The van der Waals surface area contributed by atoms with E-state index in [-0.39, 0.29) is 23.6 Å². The molecule has 0 aliphatic heterocycles. The van der Waals surface area contributed by atoms with Gasteiger partial charge in [-0.1, -0.05) is 6.07 Å². The van der Waals surface area contributed by atoms with E-state index in [1.807, 2.05) is 0 Å². The van der Waals surface area contributed by atoms with E-state index in [4.69, 9.17) is 9.56 Å². The van der Waals surface area contributed by atoms with Crippen molar-refractivity contribution >= 4 is 21.5 Å². The number of sulfonamides is 1. The van der Waals surface area contributed by atoms with E-state index in [0.29, 0.717) is 5.76 Å². The van der Waals surface area contributed by atoms with Gasteiger partial charge in [0.05, 0.1) is 17.9 Å². The van der Waals surface area contributed by atoms with Gasteiger partial charge in [-0.15, -0.1) is 0 Å². The number of phenols is 1. The van der Waals surface area contributed by atoms with E-state index >= 15 is 0 Å². The number of rotatable bonds is 6. The van der Waals surface area contributed by atoms with Crippen LogP contribution in [0.2, 0.25) is 0 Å². The van der Waals surface area contributed by atoms with Crippen LogP contribution in [0.5, 0.6) is 5.75 Å². The van der Waals surface area contributed by atoms with Gasteiger partial charge in [-0.25, -0.2) is 13.6 Å². The smallest absolute Gasteiger partial charge is 0.241 e. The molecule has 1 heterocycles. The molecule has 3 rings (SSSR count). The lowest BCUT2D eigenvalue weighted by molar-refractivity contribution is -0.124. The number of furan rings is 1. The molecule has 0 radical (unpaired) electrons. The maximum absolute atomic E-state index is 11.9. The number of aromatic hydroxyl groups is 1. The fraction of sp³-hybridized carbons (Fsp3) is 0.188. The van der Waals surface area contributed by atoms with E-state index in [0.717, 1.165) is 11.8 Å². The minimum Gasteiger partial charge on any atom is -0.504 e. The van der Waals surface area contributed by atoms with Gasteiger partial charge in [0.25, 0.3) is 0 Å². The topological polar surface area (TPSA) is 155 Å². The first kappa shape index (κ1) is 18.0. The van der Waals surface area contributed by atoms with Crippen molar-refractivity contribution in [1.82, 2.24) is 5.32 Å². The fourth-order valence-corrected chi connectivity index (χ4v) is 3.17. The zero-order valence-electron chi connectivity index (χ0n) is 13.7. The number of para-hydroxylation sites is 1. The Hall–Kier alpha value is -2.82. The van der Waals surface area contributed by atoms with E-state index < -0.39 is 32.6 Å². The van der Waals surface area contributed by atoms with Gasteiger partial charge in [-0.3, -0.25) is 4.79 Å². The van der Waals surface area contributed by atoms with Crippen molar-refractivity contribution < 1.29 is 27.8 Å². The van der Waals surface area contributed by atoms with Gasteiger partial charge in [0.1, 0.15) is 22.1 Å². The minimum atomic E-state index is -4.13. The third kappa shape index (κ3) is 3.29. The third-order valence-corrected chi connectivity index (χ3v) is 4.79. The molecule has 1 aromatic heterocycles. The molecule has 1 aliphatic rings. The SMILES string of the molecule is Cc1ccc(CNC2=C(Nc3cccc(S(N)(=O)=O)c3O)C(O)C2=O)o1. The molecule has 0 saturated carbocycles. The summed E-state index contributed by atoms with van der Waals surface area (Å²) in [6.07, 6.45) is -1.41. The quantitative estimate of drug-likeness (QED) is 0.449. The first-order valence-electron chi connectivity index (χ1n) is 7.56. The number of nitrogens with two attached hydrogens (primary N) is 1. The second-order valence-electron chi connectivity index (χ2n) is 5.74. The van der Waals surface area contributed by atoms with E-state index in [2.05, 4.69) is 10.6 Å². The number of Topliss-reactive ketones (excluding diaryl/α,β-unsaturated/α-hetero) is 1. The maximum atomic E-state index is 11.9. The molecule has 2 aromatic rings. The number of hydrogen-bond acceptors (Lipinski definition) is 8. The highest BCUT2D eigenvalue weighted by molar-refractivity contribution is 7.89. The lowest BCUT2D eigenvalue weighted by Crippen LogP contribution is -2.45. The number of benzene rings is 1. The van der Waals surface area contributed by atoms with Gasteiger partial charge in [-0.2, -0.15) is 0 Å². The number of aliphatic hydroxyl groups excluding tert-OH is 1. The number of anilines is 1. The van der Waals surface area contributed by atoms with Crippen LogP contribution < -0.4 is 15.8 Å². The van der Waals surface area contributed by atoms with Crippen molar-refractivity contribution in [2.24, 2.45) is 5.14 Å². The Morgan fingerprint density at radius 1 is 1.27 bits per heavy atom. The number of aryl methyl sites for hydroxylation is 1. The standard InChI is InChI=1S/C16H17N3O6S/c1-8-5-6-9(25-8)7-18-12-13(16(22)15(12)21)19-10-3-2-4-11(14(10)20)26(17,23)24/h2-6,16,18-20,22H,7H2,1H3,(H2,17,23,24). The highest BCUT2D eigenvalue weighted by Crippen LogP contribution is 2.34. The predicted molar refractivity (Wildman–Crippen MR) is 91.4 cm³/mol. The van der Waals surface area contributed by atoms with Crippen LogP contribution in [0, 0.1) is 6.92 Å². The normalized spacial score (nSPS) is 17.2. The Labute approximate surface area is 149 Å². The van der Waals surface area contributed by atoms with Gasteiger partial charge in [0.15, 0.2) is 11.9 Å². The van der Waals surface area contributed by atoms with Gasteiger partial charge in [0.2, 0.25) is 15.8 Å². The van der Waals surface area contributed by atoms with Crippen LogP contribution in [0.1, 0.15) is 11.5 Å². The van der Waals surface area contributed by atoms with Crippen molar-refractivity contribution in [2.45, 2.75) is 24.5 Å². The molecule has 26 heavy (non-hydrogen) atoms. The van der Waals surface area contributed by atoms with Crippen molar-refractivity contribution in [3.8, 4) is 5.75 Å². The largest absolute Gasteiger partial charge is 0.504 e. The van der Waals surface area contributed by atoms with Crippen LogP contribution in [-0.2, 0) is 21.4 Å². The lowest BCUT2D eigenvalue weighted by atomic mass is 9.94. The molecule has 10 heteroatoms. The molecule has 0 bridgehead atoms. The second-order valence-corrected chi connectivity index (χ2v) is 7.27. The van der Waals surface area contributed by atoms with Crippen LogP contribution in [0.25, 0.3) is 0 Å². The second kappa shape index (κ2) is 6.48. The summed E-state index contributed by atoms with van der Waals surface area (Å²) in [5.74, 6) is 0.189. The van der Waals surface area contributed by atoms with Gasteiger partial charge >= 0.3 is 0 Å². The number of aliphatic hydroxyl groups is 1. The average Bonchev–Trinajstić information content (AvgIpc) is 2.99. The van der Waals surface area contributed by atoms with Gasteiger partial charge in [-0.05, 0) is 31.2 Å². The molecule has 1 unspecified atom stereocenters. The fourth-order valence-electron chi connectivity index (χ4n) is 2.53. The molecular weight excluding hydrogens is 362 g/mol. The van der Waals surface area contributed by atoms with Crippen LogP contribution >= 0.6 is 0 Å². The number of phenolic OH excluding ortho intramolecular Hbond substituents is 1. The van der Waals surface area contributed by atoms with Crippen molar-refractivity contribution in [3.63, 3.8) is 0 Å². The molecule has 1 atom stereocenters. The van der Waals surface area contributed by atoms with E-state index in [1.165, 1.54) is 12.1 Å². The summed E-state index contributed by atoms with van der Waals surface area (Å²) in [6.45, 7) is 2.01. The molecule has 0 fully saturated rings. The molecule has 0 amide bonds. The van der Waals surface area contributed by atoms with Crippen LogP contribution in [0.3, 0.4) is 0 Å². The molecule has 6 N–H and O–H groups in total. The summed E-state index contributed by atoms with van der Waals surface area (Å²) in [5, 5.41) is 30.5. The van der Waals surface area contributed by atoms with Crippen LogP contribution in [0.15, 0.2) is 51.0 Å². The van der Waals surface area contributed by atoms with Crippen LogP contribution in [0.4, 0.5) is 5.69 Å². The maximum Gasteiger partial charge on any atom is 0.241 e. The number of nitrogens with one attached hydrogen (secondary N) is 2. The summed E-state index contributed by atoms with van der Waals surface area (Å²) >= 11 is 0. The lowest BCUT2D eigenvalue weighted by Gasteiger charge is -2.29. The Kier molecular flexibility index (Phi) is 4.48. The van der Waals surface area contributed by atoms with Gasteiger partial charge in [0, 0.05) is 0 Å². The number of primary sulfonamides is 1. The summed E-state index contributed by atoms with van der Waals surface area (Å²) in [7, 11) is -4.13. The highest BCUT2D eigenvalue weighted by Gasteiger charge is 2.38.